The summed E-state index contributed by atoms with van der Waals surface area (Å²) in [6.07, 6.45) is 44.4. The van der Waals surface area contributed by atoms with Gasteiger partial charge in [0, 0.05) is 19.4 Å². The van der Waals surface area contributed by atoms with Gasteiger partial charge in [0.1, 0.15) is 6.61 Å². The van der Waals surface area contributed by atoms with Crippen LogP contribution in [0.4, 0.5) is 0 Å². The molecule has 2 unspecified atom stereocenters. The van der Waals surface area contributed by atoms with Crippen molar-refractivity contribution in [3.8, 4) is 0 Å². The van der Waals surface area contributed by atoms with Gasteiger partial charge in [-0.3, -0.25) is 18.6 Å². The number of hydrogen-bond donors (Lipinski definition) is 1. The molecule has 320 valence electrons. The summed E-state index contributed by atoms with van der Waals surface area (Å²) in [5.41, 5.74) is 0. The third-order valence-electron chi connectivity index (χ3n) is 9.11. The van der Waals surface area contributed by atoms with Gasteiger partial charge in [0.2, 0.25) is 0 Å². The number of carbonyl (C=O) groups is 2. The van der Waals surface area contributed by atoms with Gasteiger partial charge in [-0.1, -0.05) is 140 Å². The summed E-state index contributed by atoms with van der Waals surface area (Å²) in [6.45, 7) is 4.24. The van der Waals surface area contributed by atoms with Gasteiger partial charge in [0.05, 0.1) is 13.2 Å². The molecule has 55 heavy (non-hydrogen) atoms. The second kappa shape index (κ2) is 40.2. The Kier molecular flexibility index (Phi) is 38.7. The van der Waals surface area contributed by atoms with E-state index in [2.05, 4.69) is 62.5 Å². The lowest BCUT2D eigenvalue weighted by atomic mass is 10.1. The molecule has 0 aliphatic carbocycles. The van der Waals surface area contributed by atoms with Crippen molar-refractivity contribution in [2.45, 2.75) is 187 Å². The molecule has 0 saturated carbocycles. The Bertz CT molecular complexity index is 1060. The SMILES string of the molecule is CCCCC/C=C\C/C=C\C/C=C\CCCCC(=O)OCC(COP(=O)(O)OCCN(C)C)OC(=O)CCCCCCCCC/C=C\CCCCCCCC. The number of phosphoric acid groups is 1. The summed E-state index contributed by atoms with van der Waals surface area (Å²) < 4.78 is 33.4. The maximum absolute atomic E-state index is 12.7. The predicted octanol–water partition coefficient (Wildman–Crippen LogP) is 12.5. The van der Waals surface area contributed by atoms with Crippen LogP contribution in [0.5, 0.6) is 0 Å². The molecule has 0 heterocycles. The first-order chi connectivity index (χ1) is 26.7. The fourth-order valence-electron chi connectivity index (χ4n) is 5.69. The number of carbonyl (C=O) groups excluding carboxylic acids is 2. The highest BCUT2D eigenvalue weighted by atomic mass is 31.2. The molecule has 1 N–H and O–H groups in total. The average molecular weight is 796 g/mol. The fraction of sp³-hybridized carbons (Fsp3) is 0.778. The Morgan fingerprint density at radius 2 is 0.982 bits per heavy atom. The smallest absolute Gasteiger partial charge is 0.462 e. The molecular formula is C45H82NO8P. The van der Waals surface area contributed by atoms with Gasteiger partial charge in [-0.05, 0) is 91.1 Å². The van der Waals surface area contributed by atoms with E-state index in [-0.39, 0.29) is 26.1 Å². The van der Waals surface area contributed by atoms with Gasteiger partial charge < -0.3 is 19.3 Å². The summed E-state index contributed by atoms with van der Waals surface area (Å²) in [6, 6.07) is 0. The van der Waals surface area contributed by atoms with Gasteiger partial charge in [-0.15, -0.1) is 0 Å². The number of nitrogens with zero attached hydrogens (tertiary/aromatic N) is 1. The molecule has 2 atom stereocenters. The topological polar surface area (TPSA) is 112 Å². The maximum atomic E-state index is 12.7. The highest BCUT2D eigenvalue weighted by Gasteiger charge is 2.26. The highest BCUT2D eigenvalue weighted by Crippen LogP contribution is 2.43. The molecule has 0 aromatic heterocycles. The van der Waals surface area contributed by atoms with Crippen LogP contribution in [0.3, 0.4) is 0 Å². The van der Waals surface area contributed by atoms with Crippen LogP contribution in [0.2, 0.25) is 0 Å². The molecule has 0 saturated heterocycles. The lowest BCUT2D eigenvalue weighted by Crippen LogP contribution is -2.29. The third-order valence-corrected chi connectivity index (χ3v) is 10.1. The number of rotatable bonds is 40. The summed E-state index contributed by atoms with van der Waals surface area (Å²) in [5.74, 6) is -0.853. The molecule has 0 aromatic carbocycles. The van der Waals surface area contributed by atoms with E-state index in [9.17, 15) is 19.0 Å². The molecule has 9 nitrogen and oxygen atoms in total. The fourth-order valence-corrected chi connectivity index (χ4v) is 6.43. The van der Waals surface area contributed by atoms with E-state index in [0.29, 0.717) is 19.4 Å². The molecule has 0 rings (SSSR count). The molecule has 0 amide bonds. The zero-order valence-corrected chi connectivity index (χ0v) is 36.5. The third kappa shape index (κ3) is 41.4. The minimum atomic E-state index is -4.37. The standard InChI is InChI=1S/C45H82NO8P/c1-5-7-9-11-13-15-17-19-21-22-24-26-28-30-32-34-36-38-45(48)54-43(42-53-55(49,50)52-40-39-46(3)4)41-51-44(47)37-35-33-31-29-27-25-23-20-18-16-14-12-10-8-6-2/h14,16,19-21,23,27,29,43H,5-13,15,17-18,22,24-26,28,30-42H2,1-4H3,(H,49,50)/b16-14-,21-19-,23-20-,29-27-. The van der Waals surface area contributed by atoms with Crippen molar-refractivity contribution in [2.75, 3.05) is 40.5 Å². The van der Waals surface area contributed by atoms with Gasteiger partial charge >= 0.3 is 19.8 Å². The molecule has 0 fully saturated rings. The Morgan fingerprint density at radius 3 is 1.55 bits per heavy atom. The predicted molar refractivity (Wildman–Crippen MR) is 229 cm³/mol. The van der Waals surface area contributed by atoms with Crippen molar-refractivity contribution in [2.24, 2.45) is 0 Å². The van der Waals surface area contributed by atoms with Gasteiger partial charge in [-0.25, -0.2) is 4.57 Å². The van der Waals surface area contributed by atoms with E-state index in [4.69, 9.17) is 18.5 Å². The first-order valence-corrected chi connectivity index (χ1v) is 23.4. The van der Waals surface area contributed by atoms with Gasteiger partial charge in [0.15, 0.2) is 6.10 Å². The van der Waals surface area contributed by atoms with Crippen molar-refractivity contribution < 1.29 is 37.6 Å². The summed E-state index contributed by atoms with van der Waals surface area (Å²) in [4.78, 5) is 37.0. The minimum absolute atomic E-state index is 0.000679. The van der Waals surface area contributed by atoms with Crippen molar-refractivity contribution in [1.82, 2.24) is 4.90 Å². The Hall–Kier alpha value is -2.03. The Labute approximate surface area is 337 Å². The second-order valence-electron chi connectivity index (χ2n) is 14.9. The van der Waals surface area contributed by atoms with Crippen molar-refractivity contribution in [1.29, 1.82) is 0 Å². The van der Waals surface area contributed by atoms with Crippen LogP contribution in [0.15, 0.2) is 48.6 Å². The van der Waals surface area contributed by atoms with E-state index in [1.54, 1.807) is 0 Å². The lowest BCUT2D eigenvalue weighted by Gasteiger charge is -2.20. The van der Waals surface area contributed by atoms with Crippen molar-refractivity contribution in [3.63, 3.8) is 0 Å². The van der Waals surface area contributed by atoms with Crippen molar-refractivity contribution >= 4 is 19.8 Å². The average Bonchev–Trinajstić information content (AvgIpc) is 3.15. The van der Waals surface area contributed by atoms with Crippen LogP contribution in [-0.4, -0.2) is 68.3 Å². The molecular weight excluding hydrogens is 713 g/mol. The molecule has 0 bridgehead atoms. The number of ether oxygens (including phenoxy) is 2. The number of likely N-dealkylation sites (N-methyl/N-ethyl adjacent to an activating group) is 1. The zero-order chi connectivity index (χ0) is 40.5. The summed E-state index contributed by atoms with van der Waals surface area (Å²) >= 11 is 0. The molecule has 0 radical (unpaired) electrons. The monoisotopic (exact) mass is 796 g/mol. The summed E-state index contributed by atoms with van der Waals surface area (Å²) in [7, 11) is -0.732. The number of unbranched alkanes of at least 4 members (excludes halogenated alkanes) is 18. The van der Waals surface area contributed by atoms with Crippen LogP contribution >= 0.6 is 7.82 Å². The summed E-state index contributed by atoms with van der Waals surface area (Å²) in [5, 5.41) is 0. The lowest BCUT2D eigenvalue weighted by molar-refractivity contribution is -0.161. The largest absolute Gasteiger partial charge is 0.472 e. The van der Waals surface area contributed by atoms with Crippen LogP contribution in [0.1, 0.15) is 181 Å². The quantitative estimate of drug-likeness (QED) is 0.0280. The molecule has 0 aliphatic heterocycles. The minimum Gasteiger partial charge on any atom is -0.462 e. The van der Waals surface area contributed by atoms with Gasteiger partial charge in [0.25, 0.3) is 0 Å². The van der Waals surface area contributed by atoms with E-state index in [0.717, 1.165) is 57.8 Å². The molecule has 0 spiro atoms. The first-order valence-electron chi connectivity index (χ1n) is 21.9. The Balaban J connectivity index is 4.36. The van der Waals surface area contributed by atoms with E-state index in [1.807, 2.05) is 19.0 Å². The van der Waals surface area contributed by atoms with E-state index in [1.165, 1.54) is 83.5 Å². The van der Waals surface area contributed by atoms with Crippen LogP contribution in [0, 0.1) is 0 Å². The first kappa shape index (κ1) is 53.0. The number of esters is 2. The van der Waals surface area contributed by atoms with Crippen LogP contribution in [0.25, 0.3) is 0 Å². The normalized spacial score (nSPS) is 13.9. The van der Waals surface area contributed by atoms with E-state index >= 15 is 0 Å². The zero-order valence-electron chi connectivity index (χ0n) is 35.6. The molecule has 0 aromatic rings. The van der Waals surface area contributed by atoms with Crippen LogP contribution < -0.4 is 0 Å². The highest BCUT2D eigenvalue weighted by molar-refractivity contribution is 7.47. The maximum Gasteiger partial charge on any atom is 0.472 e. The molecule has 10 heteroatoms. The Morgan fingerprint density at radius 1 is 0.564 bits per heavy atom. The van der Waals surface area contributed by atoms with Crippen LogP contribution in [-0.2, 0) is 32.7 Å². The molecule has 0 aliphatic rings. The second-order valence-corrected chi connectivity index (χ2v) is 16.3. The van der Waals surface area contributed by atoms with Crippen molar-refractivity contribution in [3.05, 3.63) is 48.6 Å². The number of hydrogen-bond acceptors (Lipinski definition) is 8. The van der Waals surface area contributed by atoms with E-state index < -0.39 is 32.5 Å². The number of phosphoric ester groups is 1. The number of allylic oxidation sites excluding steroid dienone is 8. The van der Waals surface area contributed by atoms with Gasteiger partial charge in [-0.2, -0.15) is 0 Å².